The van der Waals surface area contributed by atoms with E-state index in [9.17, 15) is 0 Å². The number of aryl methyl sites for hydroxylation is 2. The zero-order valence-electron chi connectivity index (χ0n) is 15.9. The first kappa shape index (κ1) is 19.0. The van der Waals surface area contributed by atoms with Crippen molar-refractivity contribution in [2.45, 2.75) is 40.3 Å². The molecule has 3 aromatic rings. The number of thiazole rings is 1. The number of hydrogen-bond acceptors (Lipinski definition) is 5. The molecule has 142 valence electrons. The average molecular weight is 384 g/mol. The van der Waals surface area contributed by atoms with Crippen molar-refractivity contribution >= 4 is 17.3 Å². The summed E-state index contributed by atoms with van der Waals surface area (Å²) in [4.78, 5) is 19.1. The maximum atomic E-state index is 4.65. The smallest absolute Gasteiger partial charge is 0.191 e. The van der Waals surface area contributed by atoms with Crippen molar-refractivity contribution in [1.82, 2.24) is 30.2 Å². The van der Waals surface area contributed by atoms with E-state index in [1.807, 2.05) is 42.2 Å². The summed E-state index contributed by atoms with van der Waals surface area (Å²) in [5.74, 6) is 2.55. The number of nitrogens with one attached hydrogen (secondary N) is 2. The number of imidazole rings is 1. The molecule has 0 bridgehead atoms. The van der Waals surface area contributed by atoms with Gasteiger partial charge in [-0.05, 0) is 31.9 Å². The van der Waals surface area contributed by atoms with Crippen LogP contribution in [0.1, 0.15) is 35.1 Å². The molecule has 0 amide bonds. The zero-order chi connectivity index (χ0) is 19.1. The Morgan fingerprint density at radius 3 is 2.67 bits per heavy atom. The van der Waals surface area contributed by atoms with Gasteiger partial charge in [-0.2, -0.15) is 0 Å². The van der Waals surface area contributed by atoms with Crippen LogP contribution in [0.4, 0.5) is 0 Å². The molecule has 7 nitrogen and oxygen atoms in total. The standard InChI is InChI=1S/C19H25N7S/c1-4-16-12-23-18(27-16)13-25-19(20-5-2)24-11-15-6-7-17(22-10-15)26-9-8-21-14(26)3/h6-10,12H,4-5,11,13H2,1-3H3,(H2,20,24,25). The van der Waals surface area contributed by atoms with Crippen LogP contribution in [-0.2, 0) is 19.5 Å². The highest BCUT2D eigenvalue weighted by atomic mass is 32.1. The molecule has 0 spiro atoms. The monoisotopic (exact) mass is 383 g/mol. The van der Waals surface area contributed by atoms with Crippen LogP contribution in [0.15, 0.2) is 41.9 Å². The number of hydrogen-bond donors (Lipinski definition) is 2. The Balaban J connectivity index is 1.61. The summed E-state index contributed by atoms with van der Waals surface area (Å²) < 4.78 is 1.96. The summed E-state index contributed by atoms with van der Waals surface area (Å²) in [5, 5.41) is 7.68. The van der Waals surface area contributed by atoms with Crippen LogP contribution in [0.3, 0.4) is 0 Å². The lowest BCUT2D eigenvalue weighted by molar-refractivity contribution is 0.810. The first-order valence-corrected chi connectivity index (χ1v) is 9.92. The maximum Gasteiger partial charge on any atom is 0.191 e. The molecule has 0 saturated carbocycles. The fourth-order valence-corrected chi connectivity index (χ4v) is 3.34. The van der Waals surface area contributed by atoms with Crippen LogP contribution < -0.4 is 10.6 Å². The van der Waals surface area contributed by atoms with E-state index in [0.717, 1.165) is 41.1 Å². The van der Waals surface area contributed by atoms with Gasteiger partial charge in [0, 0.05) is 36.2 Å². The topological polar surface area (TPSA) is 80.0 Å². The number of guanidine groups is 1. The van der Waals surface area contributed by atoms with Crippen molar-refractivity contribution < 1.29 is 0 Å². The molecule has 27 heavy (non-hydrogen) atoms. The Morgan fingerprint density at radius 1 is 1.15 bits per heavy atom. The SMILES string of the molecule is CCNC(=NCc1ccc(-n2ccnc2C)nc1)NCc1ncc(CC)s1. The molecule has 0 radical (unpaired) electrons. The lowest BCUT2D eigenvalue weighted by Gasteiger charge is -2.10. The van der Waals surface area contributed by atoms with E-state index in [4.69, 9.17) is 0 Å². The molecule has 8 heteroatoms. The van der Waals surface area contributed by atoms with E-state index >= 15 is 0 Å². The molecule has 0 atom stereocenters. The Morgan fingerprint density at radius 2 is 2.04 bits per heavy atom. The molecule has 0 aromatic carbocycles. The van der Waals surface area contributed by atoms with E-state index in [1.54, 1.807) is 17.5 Å². The highest BCUT2D eigenvalue weighted by Gasteiger charge is 2.04. The van der Waals surface area contributed by atoms with E-state index in [1.165, 1.54) is 4.88 Å². The molecular formula is C19H25N7S. The normalized spacial score (nSPS) is 11.6. The highest BCUT2D eigenvalue weighted by molar-refractivity contribution is 7.11. The van der Waals surface area contributed by atoms with Gasteiger partial charge in [-0.3, -0.25) is 4.57 Å². The minimum absolute atomic E-state index is 0.559. The number of rotatable bonds is 7. The van der Waals surface area contributed by atoms with Gasteiger partial charge < -0.3 is 10.6 Å². The summed E-state index contributed by atoms with van der Waals surface area (Å²) in [6.07, 6.45) is 8.51. The van der Waals surface area contributed by atoms with Crippen LogP contribution in [0.25, 0.3) is 5.82 Å². The number of aliphatic imine (C=N–C) groups is 1. The zero-order valence-corrected chi connectivity index (χ0v) is 16.8. The first-order chi connectivity index (χ1) is 13.2. The number of pyridine rings is 1. The minimum atomic E-state index is 0.559. The third-order valence-corrected chi connectivity index (χ3v) is 5.14. The Kier molecular flexibility index (Phi) is 6.54. The van der Waals surface area contributed by atoms with Crippen molar-refractivity contribution in [3.05, 3.63) is 58.2 Å². The Labute approximate surface area is 163 Å². The van der Waals surface area contributed by atoms with Crippen molar-refractivity contribution in [3.63, 3.8) is 0 Å². The van der Waals surface area contributed by atoms with Gasteiger partial charge in [0.2, 0.25) is 0 Å². The Hall–Kier alpha value is -2.74. The summed E-state index contributed by atoms with van der Waals surface area (Å²) in [6.45, 7) is 8.20. The van der Waals surface area contributed by atoms with Crippen LogP contribution in [0, 0.1) is 6.92 Å². The fraction of sp³-hybridized carbons (Fsp3) is 0.368. The van der Waals surface area contributed by atoms with Gasteiger partial charge in [-0.25, -0.2) is 19.9 Å². The van der Waals surface area contributed by atoms with Gasteiger partial charge in [0.15, 0.2) is 5.96 Å². The van der Waals surface area contributed by atoms with Crippen molar-refractivity contribution in [3.8, 4) is 5.82 Å². The van der Waals surface area contributed by atoms with Gasteiger partial charge in [-0.15, -0.1) is 11.3 Å². The second kappa shape index (κ2) is 9.27. The van der Waals surface area contributed by atoms with Gasteiger partial charge in [-0.1, -0.05) is 13.0 Å². The predicted octanol–water partition coefficient (Wildman–Crippen LogP) is 2.85. The predicted molar refractivity (Wildman–Crippen MR) is 109 cm³/mol. The van der Waals surface area contributed by atoms with Gasteiger partial charge in [0.1, 0.15) is 16.6 Å². The molecule has 0 unspecified atom stereocenters. The van der Waals surface area contributed by atoms with Crippen molar-refractivity contribution in [2.24, 2.45) is 4.99 Å². The van der Waals surface area contributed by atoms with E-state index in [0.29, 0.717) is 13.1 Å². The third kappa shape index (κ3) is 5.13. The van der Waals surface area contributed by atoms with Crippen LogP contribution in [0.2, 0.25) is 0 Å². The molecule has 0 aliphatic rings. The molecule has 2 N–H and O–H groups in total. The summed E-state index contributed by atoms with van der Waals surface area (Å²) in [5.41, 5.74) is 1.05. The molecule has 0 aliphatic heterocycles. The van der Waals surface area contributed by atoms with Crippen molar-refractivity contribution in [2.75, 3.05) is 6.54 Å². The molecule has 0 saturated heterocycles. The quantitative estimate of drug-likeness (QED) is 0.484. The second-order valence-corrected chi connectivity index (χ2v) is 7.19. The first-order valence-electron chi connectivity index (χ1n) is 9.10. The summed E-state index contributed by atoms with van der Waals surface area (Å²) in [6, 6.07) is 4.03. The van der Waals surface area contributed by atoms with Crippen molar-refractivity contribution in [1.29, 1.82) is 0 Å². The largest absolute Gasteiger partial charge is 0.357 e. The third-order valence-electron chi connectivity index (χ3n) is 4.00. The molecule has 3 rings (SSSR count). The van der Waals surface area contributed by atoms with Gasteiger partial charge in [0.05, 0.1) is 13.1 Å². The number of aromatic nitrogens is 4. The molecular weight excluding hydrogens is 358 g/mol. The van der Waals surface area contributed by atoms with Gasteiger partial charge >= 0.3 is 0 Å². The average Bonchev–Trinajstić information content (AvgIpc) is 3.33. The summed E-state index contributed by atoms with van der Waals surface area (Å²) >= 11 is 1.73. The lowest BCUT2D eigenvalue weighted by Crippen LogP contribution is -2.36. The molecule has 3 heterocycles. The van der Waals surface area contributed by atoms with Crippen LogP contribution in [-0.4, -0.2) is 32.0 Å². The van der Waals surface area contributed by atoms with E-state index < -0.39 is 0 Å². The fourth-order valence-electron chi connectivity index (χ4n) is 2.54. The van der Waals surface area contributed by atoms with E-state index in [2.05, 4.69) is 44.4 Å². The highest BCUT2D eigenvalue weighted by Crippen LogP contribution is 2.13. The molecule has 3 aromatic heterocycles. The maximum absolute atomic E-state index is 4.65. The van der Waals surface area contributed by atoms with Gasteiger partial charge in [0.25, 0.3) is 0 Å². The summed E-state index contributed by atoms with van der Waals surface area (Å²) in [7, 11) is 0. The number of nitrogens with zero attached hydrogens (tertiary/aromatic N) is 5. The molecule has 0 fully saturated rings. The van der Waals surface area contributed by atoms with Crippen LogP contribution in [0.5, 0.6) is 0 Å². The lowest BCUT2D eigenvalue weighted by atomic mass is 10.3. The minimum Gasteiger partial charge on any atom is -0.357 e. The van der Waals surface area contributed by atoms with Crippen LogP contribution >= 0.6 is 11.3 Å². The molecule has 0 aliphatic carbocycles. The van der Waals surface area contributed by atoms with E-state index in [-0.39, 0.29) is 0 Å². The second-order valence-electron chi connectivity index (χ2n) is 5.99. The Bertz CT molecular complexity index is 880.